The van der Waals surface area contributed by atoms with Gasteiger partial charge in [-0.25, -0.2) is 4.79 Å². The van der Waals surface area contributed by atoms with Crippen molar-refractivity contribution in [2.24, 2.45) is 0 Å². The van der Waals surface area contributed by atoms with E-state index < -0.39 is 12.1 Å². The second-order valence-corrected chi connectivity index (χ2v) is 3.78. The summed E-state index contributed by atoms with van der Waals surface area (Å²) in [6.07, 6.45) is -4.84. The van der Waals surface area contributed by atoms with Gasteiger partial charge in [0.25, 0.3) is 0 Å². The molecule has 0 aromatic carbocycles. The first-order chi connectivity index (χ1) is 7.39. The topological polar surface area (TPSA) is 52.7 Å². The van der Waals surface area contributed by atoms with Crippen molar-refractivity contribution in [3.05, 3.63) is 0 Å². The van der Waals surface area contributed by atoms with E-state index in [-0.39, 0.29) is 31.7 Å². The molecule has 0 spiro atoms. The van der Waals surface area contributed by atoms with Gasteiger partial charge in [0.05, 0.1) is 6.04 Å². The smallest absolute Gasteiger partial charge is 0.336 e. The van der Waals surface area contributed by atoms with Gasteiger partial charge in [-0.15, -0.1) is 0 Å². The van der Waals surface area contributed by atoms with Crippen LogP contribution in [0.15, 0.2) is 0 Å². The second kappa shape index (κ2) is 3.53. The van der Waals surface area contributed by atoms with Gasteiger partial charge in [-0.2, -0.15) is 13.2 Å². The van der Waals surface area contributed by atoms with Crippen LogP contribution in [0.2, 0.25) is 0 Å². The van der Waals surface area contributed by atoms with Gasteiger partial charge in [0.1, 0.15) is 0 Å². The summed E-state index contributed by atoms with van der Waals surface area (Å²) in [4.78, 5) is 24.3. The zero-order valence-electron chi connectivity index (χ0n) is 8.25. The number of carbonyl (C=O) groups excluding carboxylic acids is 2. The van der Waals surface area contributed by atoms with Gasteiger partial charge in [-0.05, 0) is 0 Å². The van der Waals surface area contributed by atoms with Crippen LogP contribution in [0.25, 0.3) is 0 Å². The molecule has 2 rings (SSSR count). The van der Waals surface area contributed by atoms with Crippen LogP contribution in [0.5, 0.6) is 0 Å². The van der Waals surface area contributed by atoms with Crippen LogP contribution in [-0.4, -0.2) is 60.1 Å². The molecule has 1 atom stereocenters. The van der Waals surface area contributed by atoms with Crippen LogP contribution in [-0.2, 0) is 4.79 Å². The van der Waals surface area contributed by atoms with Crippen molar-refractivity contribution in [3.8, 4) is 0 Å². The lowest BCUT2D eigenvalue weighted by molar-refractivity contribution is -0.187. The van der Waals surface area contributed by atoms with Crippen LogP contribution in [0.1, 0.15) is 0 Å². The van der Waals surface area contributed by atoms with E-state index in [1.54, 1.807) is 0 Å². The minimum atomic E-state index is -4.84. The monoisotopic (exact) mass is 237 g/mol. The average molecular weight is 237 g/mol. The van der Waals surface area contributed by atoms with Crippen LogP contribution >= 0.6 is 0 Å². The third-order valence-electron chi connectivity index (χ3n) is 2.76. The van der Waals surface area contributed by atoms with Crippen LogP contribution < -0.4 is 5.32 Å². The largest absolute Gasteiger partial charge is 0.471 e. The molecule has 5 nitrogen and oxygen atoms in total. The number of piperazine rings is 1. The fourth-order valence-electron chi connectivity index (χ4n) is 1.97. The standard InChI is InChI=1S/C8H10F3N3O2/c9-8(10,11)6(15)13-1-2-14-5(4-13)3-12-7(14)16/h5H,1-4H2,(H,12,16). The Hall–Kier alpha value is -1.47. The molecule has 0 saturated carbocycles. The van der Waals surface area contributed by atoms with Gasteiger partial charge >= 0.3 is 18.1 Å². The Balaban J connectivity index is 2.02. The van der Waals surface area contributed by atoms with E-state index in [1.807, 2.05) is 0 Å². The number of carbonyl (C=O) groups is 2. The minimum Gasteiger partial charge on any atom is -0.336 e. The van der Waals surface area contributed by atoms with Crippen molar-refractivity contribution in [2.45, 2.75) is 12.2 Å². The Bertz CT molecular complexity index is 331. The quantitative estimate of drug-likeness (QED) is 0.633. The number of halogens is 3. The van der Waals surface area contributed by atoms with Gasteiger partial charge in [0.2, 0.25) is 0 Å². The van der Waals surface area contributed by atoms with E-state index in [0.29, 0.717) is 6.54 Å². The molecule has 2 fully saturated rings. The Morgan fingerprint density at radius 3 is 2.69 bits per heavy atom. The van der Waals surface area contributed by atoms with Crippen molar-refractivity contribution < 1.29 is 22.8 Å². The Labute approximate surface area is 89.2 Å². The molecule has 0 aliphatic carbocycles. The number of fused-ring (bicyclic) bond motifs is 1. The van der Waals surface area contributed by atoms with Crippen molar-refractivity contribution in [3.63, 3.8) is 0 Å². The first-order valence-electron chi connectivity index (χ1n) is 4.80. The molecule has 0 aromatic rings. The van der Waals surface area contributed by atoms with E-state index in [0.717, 1.165) is 4.90 Å². The molecule has 0 radical (unpaired) electrons. The number of urea groups is 1. The Morgan fingerprint density at radius 2 is 2.06 bits per heavy atom. The summed E-state index contributed by atoms with van der Waals surface area (Å²) >= 11 is 0. The summed E-state index contributed by atoms with van der Waals surface area (Å²) in [5, 5.41) is 2.53. The summed E-state index contributed by atoms with van der Waals surface area (Å²) in [6.45, 7) is 0.318. The predicted molar refractivity (Wildman–Crippen MR) is 46.5 cm³/mol. The minimum absolute atomic E-state index is 0.0584. The van der Waals surface area contributed by atoms with Crippen LogP contribution in [0.4, 0.5) is 18.0 Å². The van der Waals surface area contributed by atoms with E-state index in [9.17, 15) is 22.8 Å². The lowest BCUT2D eigenvalue weighted by Gasteiger charge is -2.36. The van der Waals surface area contributed by atoms with E-state index in [2.05, 4.69) is 5.32 Å². The zero-order chi connectivity index (χ0) is 11.9. The fourth-order valence-corrected chi connectivity index (χ4v) is 1.97. The summed E-state index contributed by atoms with van der Waals surface area (Å²) in [6, 6.07) is -0.614. The Morgan fingerprint density at radius 1 is 1.38 bits per heavy atom. The number of nitrogens with one attached hydrogen (secondary N) is 1. The average Bonchev–Trinajstić information content (AvgIpc) is 2.57. The third kappa shape index (κ3) is 1.79. The van der Waals surface area contributed by atoms with Crippen LogP contribution in [0, 0.1) is 0 Å². The molecular weight excluding hydrogens is 227 g/mol. The lowest BCUT2D eigenvalue weighted by atomic mass is 10.2. The zero-order valence-corrected chi connectivity index (χ0v) is 8.25. The number of alkyl halides is 3. The van der Waals surface area contributed by atoms with Gasteiger partial charge in [0, 0.05) is 26.2 Å². The highest BCUT2D eigenvalue weighted by atomic mass is 19.4. The van der Waals surface area contributed by atoms with Gasteiger partial charge in [0.15, 0.2) is 0 Å². The van der Waals surface area contributed by atoms with Gasteiger partial charge < -0.3 is 15.1 Å². The summed E-state index contributed by atoms with van der Waals surface area (Å²) in [5.74, 6) is -1.83. The number of hydrogen-bond donors (Lipinski definition) is 1. The molecule has 90 valence electrons. The molecule has 2 aliphatic rings. The van der Waals surface area contributed by atoms with Crippen LogP contribution in [0.3, 0.4) is 0 Å². The number of hydrogen-bond acceptors (Lipinski definition) is 2. The molecule has 2 saturated heterocycles. The fraction of sp³-hybridized carbons (Fsp3) is 0.750. The normalized spacial score (nSPS) is 25.4. The molecular formula is C8H10F3N3O2. The molecule has 0 aromatic heterocycles. The molecule has 8 heteroatoms. The molecule has 16 heavy (non-hydrogen) atoms. The molecule has 1 N–H and O–H groups in total. The van der Waals surface area contributed by atoms with Gasteiger partial charge in [-0.1, -0.05) is 0 Å². The first-order valence-corrected chi connectivity index (χ1v) is 4.80. The Kier molecular flexibility index (Phi) is 2.43. The van der Waals surface area contributed by atoms with Crippen molar-refractivity contribution in [2.75, 3.05) is 26.2 Å². The maximum absolute atomic E-state index is 12.2. The number of nitrogens with zero attached hydrogens (tertiary/aromatic N) is 2. The van der Waals surface area contributed by atoms with E-state index >= 15 is 0 Å². The molecule has 2 heterocycles. The van der Waals surface area contributed by atoms with E-state index in [1.165, 1.54) is 4.90 Å². The second-order valence-electron chi connectivity index (χ2n) is 3.78. The lowest BCUT2D eigenvalue weighted by Crippen LogP contribution is -2.56. The van der Waals surface area contributed by atoms with Crippen molar-refractivity contribution in [1.29, 1.82) is 0 Å². The number of amides is 3. The first kappa shape index (κ1) is 11.0. The summed E-state index contributed by atoms with van der Waals surface area (Å²) in [7, 11) is 0. The van der Waals surface area contributed by atoms with Gasteiger partial charge in [-0.3, -0.25) is 4.79 Å². The number of rotatable bonds is 0. The predicted octanol–water partition coefficient (Wildman–Crippen LogP) is -0.215. The van der Waals surface area contributed by atoms with Crippen molar-refractivity contribution >= 4 is 11.9 Å². The molecule has 0 bridgehead atoms. The van der Waals surface area contributed by atoms with E-state index in [4.69, 9.17) is 0 Å². The highest BCUT2D eigenvalue weighted by Crippen LogP contribution is 2.22. The third-order valence-corrected chi connectivity index (χ3v) is 2.76. The maximum Gasteiger partial charge on any atom is 0.471 e. The van der Waals surface area contributed by atoms with Crippen molar-refractivity contribution in [1.82, 2.24) is 15.1 Å². The highest BCUT2D eigenvalue weighted by Gasteiger charge is 2.46. The summed E-state index contributed by atoms with van der Waals surface area (Å²) in [5.41, 5.74) is 0. The molecule has 3 amide bonds. The molecule has 1 unspecified atom stereocenters. The maximum atomic E-state index is 12.2. The highest BCUT2D eigenvalue weighted by molar-refractivity contribution is 5.83. The SMILES string of the molecule is O=C1NCC2CN(C(=O)C(F)(F)F)CCN12. The molecule has 2 aliphatic heterocycles. The summed E-state index contributed by atoms with van der Waals surface area (Å²) < 4.78 is 36.5.